The minimum absolute atomic E-state index is 0.237. The van der Waals surface area contributed by atoms with Gasteiger partial charge in [0, 0.05) is 6.21 Å². The van der Waals surface area contributed by atoms with Crippen LogP contribution in [0.25, 0.3) is 0 Å². The van der Waals surface area contributed by atoms with Gasteiger partial charge in [-0.25, -0.2) is 4.39 Å². The Balaban J connectivity index is 2.18. The lowest BCUT2D eigenvalue weighted by atomic mass is 10.1. The quantitative estimate of drug-likeness (QED) is 0.662. The van der Waals surface area contributed by atoms with Gasteiger partial charge in [0.25, 0.3) is 0 Å². The molecule has 0 radical (unpaired) electrons. The van der Waals surface area contributed by atoms with Gasteiger partial charge >= 0.3 is 0 Å². The van der Waals surface area contributed by atoms with Crippen molar-refractivity contribution < 1.29 is 4.39 Å². The third-order valence-electron chi connectivity index (χ3n) is 2.93. The number of halogens is 1. The molecule has 1 aliphatic rings. The van der Waals surface area contributed by atoms with Crippen molar-refractivity contribution in [3.8, 4) is 0 Å². The first-order chi connectivity index (χ1) is 8.65. The smallest absolute Gasteiger partial charge is 0.123 e. The van der Waals surface area contributed by atoms with Crippen molar-refractivity contribution in [1.29, 1.82) is 0 Å². The van der Waals surface area contributed by atoms with E-state index in [9.17, 15) is 4.39 Å². The Morgan fingerprint density at radius 2 is 1.83 bits per heavy atom. The number of hydrogen-bond donors (Lipinski definition) is 0. The molecular formula is C16H16FN. The van der Waals surface area contributed by atoms with Crippen LogP contribution in [-0.2, 0) is 0 Å². The second-order valence-electron chi connectivity index (χ2n) is 4.46. The van der Waals surface area contributed by atoms with Crippen LogP contribution >= 0.6 is 0 Å². The molecule has 0 saturated carbocycles. The van der Waals surface area contributed by atoms with Gasteiger partial charge < -0.3 is 0 Å². The van der Waals surface area contributed by atoms with Crippen LogP contribution in [0.4, 0.5) is 10.1 Å². The summed E-state index contributed by atoms with van der Waals surface area (Å²) in [5.74, 6) is -0.237. The van der Waals surface area contributed by atoms with Crippen LogP contribution in [0.2, 0.25) is 0 Å². The third kappa shape index (κ3) is 3.27. The minimum atomic E-state index is -0.237. The van der Waals surface area contributed by atoms with E-state index in [-0.39, 0.29) is 5.82 Å². The van der Waals surface area contributed by atoms with E-state index in [0.717, 1.165) is 17.7 Å². The van der Waals surface area contributed by atoms with Gasteiger partial charge in [-0.15, -0.1) is 0 Å². The number of aliphatic imine (C=N–C) groups is 1. The molecular weight excluding hydrogens is 225 g/mol. The Morgan fingerprint density at radius 1 is 1.11 bits per heavy atom. The topological polar surface area (TPSA) is 12.4 Å². The second-order valence-corrected chi connectivity index (χ2v) is 4.46. The first kappa shape index (κ1) is 12.5. The Kier molecular flexibility index (Phi) is 3.88. The zero-order valence-corrected chi connectivity index (χ0v) is 10.7. The van der Waals surface area contributed by atoms with Crippen LogP contribution in [0.15, 0.2) is 64.2 Å². The number of hydrogen-bond acceptors (Lipinski definition) is 1. The van der Waals surface area contributed by atoms with Gasteiger partial charge in [-0.05, 0) is 50.1 Å². The Labute approximate surface area is 107 Å². The Bertz CT molecular complexity index is 545. The molecule has 0 unspecified atom stereocenters. The highest BCUT2D eigenvalue weighted by Gasteiger charge is 2.00. The molecule has 1 aromatic rings. The van der Waals surface area contributed by atoms with Gasteiger partial charge in [0.15, 0.2) is 0 Å². The molecule has 0 heterocycles. The molecule has 2 rings (SSSR count). The van der Waals surface area contributed by atoms with E-state index in [4.69, 9.17) is 0 Å². The van der Waals surface area contributed by atoms with Crippen molar-refractivity contribution in [3.05, 3.63) is 65.0 Å². The summed E-state index contributed by atoms with van der Waals surface area (Å²) in [6.45, 7) is 4.19. The van der Waals surface area contributed by atoms with Crippen LogP contribution in [0.5, 0.6) is 0 Å². The van der Waals surface area contributed by atoms with Crippen molar-refractivity contribution in [2.45, 2.75) is 20.3 Å². The summed E-state index contributed by atoms with van der Waals surface area (Å²) in [5, 5.41) is 0. The lowest BCUT2D eigenvalue weighted by Gasteiger charge is -1.99. The summed E-state index contributed by atoms with van der Waals surface area (Å²) < 4.78 is 12.8. The maximum atomic E-state index is 12.8. The van der Waals surface area contributed by atoms with Gasteiger partial charge in [0.2, 0.25) is 0 Å². The normalized spacial score (nSPS) is 16.1. The lowest BCUT2D eigenvalue weighted by Crippen LogP contribution is -1.85. The molecule has 2 heteroatoms. The summed E-state index contributed by atoms with van der Waals surface area (Å²) in [4.78, 5) is 4.36. The maximum absolute atomic E-state index is 12.8. The van der Waals surface area contributed by atoms with Crippen LogP contribution < -0.4 is 0 Å². The monoisotopic (exact) mass is 241 g/mol. The van der Waals surface area contributed by atoms with Gasteiger partial charge in [0.05, 0.1) is 5.69 Å². The highest BCUT2D eigenvalue weighted by Crippen LogP contribution is 2.18. The average Bonchev–Trinajstić information content (AvgIpc) is 2.52. The standard InChI is InChI=1S/C16H16FN/c1-12-3-5-13(2)14(6-4-12)11-18-16-9-7-15(17)8-10-16/h3-4,6-11H,5H2,1-2H3. The fourth-order valence-electron chi connectivity index (χ4n) is 1.69. The van der Waals surface area contributed by atoms with Gasteiger partial charge in [-0.2, -0.15) is 0 Å². The molecule has 0 atom stereocenters. The molecule has 0 amide bonds. The van der Waals surface area contributed by atoms with Crippen LogP contribution in [0.3, 0.4) is 0 Å². The highest BCUT2D eigenvalue weighted by atomic mass is 19.1. The van der Waals surface area contributed by atoms with E-state index in [1.54, 1.807) is 12.1 Å². The molecule has 0 bridgehead atoms. The molecule has 18 heavy (non-hydrogen) atoms. The van der Waals surface area contributed by atoms with E-state index in [2.05, 4.69) is 37.1 Å². The molecule has 0 spiro atoms. The molecule has 1 nitrogen and oxygen atoms in total. The molecule has 92 valence electrons. The van der Waals surface area contributed by atoms with Crippen molar-refractivity contribution in [1.82, 2.24) is 0 Å². The van der Waals surface area contributed by atoms with Crippen molar-refractivity contribution in [2.24, 2.45) is 4.99 Å². The Morgan fingerprint density at radius 3 is 2.56 bits per heavy atom. The van der Waals surface area contributed by atoms with Gasteiger partial charge in [-0.1, -0.05) is 29.4 Å². The molecule has 0 aromatic heterocycles. The van der Waals surface area contributed by atoms with E-state index in [1.165, 1.54) is 23.3 Å². The van der Waals surface area contributed by atoms with Crippen molar-refractivity contribution in [3.63, 3.8) is 0 Å². The van der Waals surface area contributed by atoms with E-state index in [1.807, 2.05) is 6.21 Å². The molecule has 0 fully saturated rings. The predicted molar refractivity (Wildman–Crippen MR) is 74.8 cm³/mol. The molecule has 0 saturated heterocycles. The fraction of sp³-hybridized carbons (Fsp3) is 0.188. The maximum Gasteiger partial charge on any atom is 0.123 e. The summed E-state index contributed by atoms with van der Waals surface area (Å²) in [5.41, 5.74) is 4.43. The first-order valence-electron chi connectivity index (χ1n) is 5.99. The summed E-state index contributed by atoms with van der Waals surface area (Å²) >= 11 is 0. The summed E-state index contributed by atoms with van der Waals surface area (Å²) in [6.07, 6.45) is 9.14. The predicted octanol–water partition coefficient (Wildman–Crippen LogP) is 4.75. The fourth-order valence-corrected chi connectivity index (χ4v) is 1.69. The van der Waals surface area contributed by atoms with Crippen LogP contribution in [0.1, 0.15) is 20.3 Å². The molecule has 1 aliphatic carbocycles. The molecule has 0 N–H and O–H groups in total. The average molecular weight is 241 g/mol. The second kappa shape index (κ2) is 5.58. The largest absolute Gasteiger partial charge is 0.256 e. The van der Waals surface area contributed by atoms with Crippen LogP contribution in [0, 0.1) is 5.82 Å². The van der Waals surface area contributed by atoms with Crippen LogP contribution in [-0.4, -0.2) is 6.21 Å². The van der Waals surface area contributed by atoms with E-state index in [0.29, 0.717) is 0 Å². The number of rotatable bonds is 2. The number of benzene rings is 1. The minimum Gasteiger partial charge on any atom is -0.256 e. The third-order valence-corrected chi connectivity index (χ3v) is 2.93. The summed E-state index contributed by atoms with van der Waals surface area (Å²) in [6, 6.07) is 6.18. The molecule has 1 aromatic carbocycles. The lowest BCUT2D eigenvalue weighted by molar-refractivity contribution is 0.628. The first-order valence-corrected chi connectivity index (χ1v) is 5.99. The zero-order valence-electron chi connectivity index (χ0n) is 10.7. The zero-order chi connectivity index (χ0) is 13.0. The van der Waals surface area contributed by atoms with Crippen molar-refractivity contribution >= 4 is 11.9 Å². The van der Waals surface area contributed by atoms with E-state index >= 15 is 0 Å². The highest BCUT2D eigenvalue weighted by molar-refractivity contribution is 5.85. The Hall–Kier alpha value is -1.96. The van der Waals surface area contributed by atoms with E-state index < -0.39 is 0 Å². The number of allylic oxidation sites excluding steroid dienone is 6. The molecule has 0 aliphatic heterocycles. The van der Waals surface area contributed by atoms with Crippen molar-refractivity contribution in [2.75, 3.05) is 0 Å². The summed E-state index contributed by atoms with van der Waals surface area (Å²) in [7, 11) is 0. The van der Waals surface area contributed by atoms with Gasteiger partial charge in [-0.3, -0.25) is 4.99 Å². The SMILES string of the molecule is CC1=CCC(C)=C(C=Nc2ccc(F)cc2)C=C1. The van der Waals surface area contributed by atoms with Gasteiger partial charge in [0.1, 0.15) is 5.82 Å². The number of nitrogens with zero attached hydrogens (tertiary/aromatic N) is 1.